The summed E-state index contributed by atoms with van der Waals surface area (Å²) in [7, 11) is 1.96. The van der Waals surface area contributed by atoms with Crippen LogP contribution in [0.3, 0.4) is 0 Å². The maximum Gasteiger partial charge on any atom is 0.182 e. The van der Waals surface area contributed by atoms with Crippen LogP contribution in [0.1, 0.15) is 28.1 Å². The van der Waals surface area contributed by atoms with Crippen molar-refractivity contribution in [3.8, 4) is 5.75 Å². The molecule has 142 valence electrons. The molecule has 2 aliphatic heterocycles. The molecule has 0 amide bonds. The van der Waals surface area contributed by atoms with Crippen molar-refractivity contribution >= 4 is 16.5 Å². The molecule has 0 radical (unpaired) electrons. The van der Waals surface area contributed by atoms with E-state index >= 15 is 0 Å². The summed E-state index contributed by atoms with van der Waals surface area (Å²) >= 11 is 1.82. The van der Waals surface area contributed by atoms with E-state index in [4.69, 9.17) is 9.72 Å². The molecule has 2 bridgehead atoms. The number of fused-ring (bicyclic) bond motifs is 2. The van der Waals surface area contributed by atoms with Gasteiger partial charge in [-0.15, -0.1) is 11.3 Å². The number of rotatable bonds is 3. The highest BCUT2D eigenvalue weighted by molar-refractivity contribution is 7.15. The number of phenols is 1. The number of hydrogen-bond acceptors (Lipinski definition) is 6. The van der Waals surface area contributed by atoms with E-state index in [9.17, 15) is 5.11 Å². The second kappa shape index (κ2) is 5.69. The third-order valence-electron chi connectivity index (χ3n) is 7.27. The van der Waals surface area contributed by atoms with Gasteiger partial charge < -0.3 is 15.2 Å². The van der Waals surface area contributed by atoms with Crippen LogP contribution < -0.4 is 5.32 Å². The van der Waals surface area contributed by atoms with Crippen molar-refractivity contribution in [3.05, 3.63) is 39.9 Å². The second-order valence-electron chi connectivity index (χ2n) is 8.60. The highest BCUT2D eigenvalue weighted by Gasteiger charge is 2.56. The second-order valence-corrected chi connectivity index (χ2v) is 9.68. The average molecular weight is 384 g/mol. The van der Waals surface area contributed by atoms with Crippen LogP contribution in [0.4, 0.5) is 5.13 Å². The Morgan fingerprint density at radius 2 is 2.30 bits per heavy atom. The van der Waals surface area contributed by atoms with Crippen LogP contribution in [0.5, 0.6) is 5.75 Å². The number of anilines is 1. The normalized spacial score (nSPS) is 33.7. The average Bonchev–Trinajstić information content (AvgIpc) is 3.39. The molecule has 0 saturated carbocycles. The van der Waals surface area contributed by atoms with E-state index < -0.39 is 0 Å². The van der Waals surface area contributed by atoms with Gasteiger partial charge in [-0.05, 0) is 55.0 Å². The molecule has 1 aromatic carbocycles. The fourth-order valence-electron chi connectivity index (χ4n) is 5.95. The van der Waals surface area contributed by atoms with E-state index in [1.165, 1.54) is 21.7 Å². The largest absolute Gasteiger partial charge is 0.508 e. The van der Waals surface area contributed by atoms with Gasteiger partial charge in [-0.3, -0.25) is 4.90 Å². The molecule has 4 atom stereocenters. The molecule has 4 aliphatic rings. The highest BCUT2D eigenvalue weighted by atomic mass is 32.1. The Morgan fingerprint density at radius 3 is 3.11 bits per heavy atom. The number of benzene rings is 1. The first-order chi connectivity index (χ1) is 13.2. The number of nitrogens with zero attached hydrogens (tertiary/aromatic N) is 2. The fraction of sp³-hybridized carbons (Fsp3) is 0.571. The highest BCUT2D eigenvalue weighted by Crippen LogP contribution is 2.56. The SMILES string of the molecule is CNc1nc2c(s1)C[C@H]1[C@H]3Cc4ccc(O)cc4[C@@]1(CCN3CC1CO1)C2. The predicted octanol–water partition coefficient (Wildman–Crippen LogP) is 2.57. The fourth-order valence-corrected chi connectivity index (χ4v) is 6.94. The van der Waals surface area contributed by atoms with Crippen molar-refractivity contribution in [2.24, 2.45) is 5.92 Å². The number of hydrogen-bond donors (Lipinski definition) is 2. The third kappa shape index (κ3) is 2.39. The molecule has 6 heteroatoms. The molecule has 5 nitrogen and oxygen atoms in total. The van der Waals surface area contributed by atoms with Gasteiger partial charge in [-0.1, -0.05) is 6.07 Å². The van der Waals surface area contributed by atoms with E-state index in [1.807, 2.05) is 24.5 Å². The maximum atomic E-state index is 10.2. The van der Waals surface area contributed by atoms with Crippen molar-refractivity contribution in [2.75, 3.05) is 32.1 Å². The van der Waals surface area contributed by atoms with E-state index in [-0.39, 0.29) is 5.41 Å². The molecule has 0 spiro atoms. The molecule has 1 aromatic heterocycles. The number of phenolic OH excluding ortho intramolecular Hbond substituents is 1. The molecule has 2 fully saturated rings. The Kier molecular flexibility index (Phi) is 3.44. The Balaban J connectivity index is 1.48. The summed E-state index contributed by atoms with van der Waals surface area (Å²) in [5.41, 5.74) is 4.19. The smallest absolute Gasteiger partial charge is 0.182 e. The van der Waals surface area contributed by atoms with Gasteiger partial charge >= 0.3 is 0 Å². The summed E-state index contributed by atoms with van der Waals surface area (Å²) in [5.74, 6) is 0.992. The summed E-state index contributed by atoms with van der Waals surface area (Å²) in [5, 5.41) is 14.5. The summed E-state index contributed by atoms with van der Waals surface area (Å²) in [6.07, 6.45) is 4.78. The Hall–Kier alpha value is -1.63. The zero-order valence-electron chi connectivity index (χ0n) is 15.6. The summed E-state index contributed by atoms with van der Waals surface area (Å²) < 4.78 is 5.55. The number of aromatic hydroxyl groups is 1. The Morgan fingerprint density at radius 1 is 1.41 bits per heavy atom. The van der Waals surface area contributed by atoms with Crippen LogP contribution in [0.2, 0.25) is 0 Å². The monoisotopic (exact) mass is 383 g/mol. The van der Waals surface area contributed by atoms with Gasteiger partial charge in [-0.2, -0.15) is 0 Å². The summed E-state index contributed by atoms with van der Waals surface area (Å²) in [6, 6.07) is 6.63. The van der Waals surface area contributed by atoms with Crippen LogP contribution in [-0.4, -0.2) is 53.9 Å². The third-order valence-corrected chi connectivity index (χ3v) is 8.41. The van der Waals surface area contributed by atoms with Crippen LogP contribution in [0.15, 0.2) is 18.2 Å². The minimum atomic E-state index is 0.115. The quantitative estimate of drug-likeness (QED) is 0.798. The van der Waals surface area contributed by atoms with Crippen LogP contribution in [-0.2, 0) is 29.4 Å². The van der Waals surface area contributed by atoms with Crippen molar-refractivity contribution < 1.29 is 9.84 Å². The van der Waals surface area contributed by atoms with Crippen molar-refractivity contribution in [1.82, 2.24) is 9.88 Å². The number of aromatic nitrogens is 1. The van der Waals surface area contributed by atoms with Crippen LogP contribution in [0.25, 0.3) is 0 Å². The molecule has 27 heavy (non-hydrogen) atoms. The first-order valence-corrected chi connectivity index (χ1v) is 10.8. The Bertz CT molecular complexity index is 909. The molecule has 2 aliphatic carbocycles. The standard InChI is InChI=1S/C21H25N3O2S/c1-22-20-23-17-9-21-4-5-24(10-14-11-26-14)18(16(21)8-19(17)27-20)6-12-2-3-13(25)7-15(12)21/h2-3,7,14,16,18,25H,4-6,8-11H2,1H3,(H,22,23)/t14?,16-,18+,21+/m0/s1. The lowest BCUT2D eigenvalue weighted by Crippen LogP contribution is -2.63. The van der Waals surface area contributed by atoms with E-state index in [0.29, 0.717) is 23.8 Å². The molecule has 1 unspecified atom stereocenters. The van der Waals surface area contributed by atoms with Gasteiger partial charge in [-0.25, -0.2) is 4.98 Å². The summed E-state index contributed by atoms with van der Waals surface area (Å²) in [4.78, 5) is 9.04. The molecule has 2 N–H and O–H groups in total. The number of epoxide rings is 1. The lowest BCUT2D eigenvalue weighted by molar-refractivity contribution is 0.00463. The molecular weight excluding hydrogens is 358 g/mol. The zero-order chi connectivity index (χ0) is 18.2. The van der Waals surface area contributed by atoms with E-state index in [2.05, 4.69) is 22.3 Å². The topological polar surface area (TPSA) is 60.9 Å². The van der Waals surface area contributed by atoms with Crippen molar-refractivity contribution in [1.29, 1.82) is 0 Å². The van der Waals surface area contributed by atoms with Gasteiger partial charge in [0.2, 0.25) is 0 Å². The van der Waals surface area contributed by atoms with Crippen LogP contribution in [0, 0.1) is 5.92 Å². The first kappa shape index (κ1) is 16.3. The van der Waals surface area contributed by atoms with Gasteiger partial charge in [0.05, 0.1) is 18.4 Å². The lowest BCUT2D eigenvalue weighted by Gasteiger charge is -2.58. The number of likely N-dealkylation sites (tertiary alicyclic amines) is 1. The van der Waals surface area contributed by atoms with Gasteiger partial charge in [0.25, 0.3) is 0 Å². The number of ether oxygens (including phenoxy) is 1. The first-order valence-electron chi connectivity index (χ1n) is 10.0. The van der Waals surface area contributed by atoms with Gasteiger partial charge in [0.15, 0.2) is 5.13 Å². The molecular formula is C21H25N3O2S. The van der Waals surface area contributed by atoms with Gasteiger partial charge in [0, 0.05) is 36.3 Å². The predicted molar refractivity (Wildman–Crippen MR) is 106 cm³/mol. The number of thiazole rings is 1. The maximum absolute atomic E-state index is 10.2. The zero-order valence-corrected chi connectivity index (χ0v) is 16.4. The summed E-state index contributed by atoms with van der Waals surface area (Å²) in [6.45, 7) is 3.12. The van der Waals surface area contributed by atoms with E-state index in [1.54, 1.807) is 0 Å². The molecule has 2 aromatic rings. The number of nitrogens with one attached hydrogen (secondary N) is 1. The van der Waals surface area contributed by atoms with Crippen molar-refractivity contribution in [2.45, 2.75) is 43.2 Å². The molecule has 2 saturated heterocycles. The van der Waals surface area contributed by atoms with Gasteiger partial charge in [0.1, 0.15) is 5.75 Å². The molecule has 3 heterocycles. The minimum absolute atomic E-state index is 0.115. The Labute approximate surface area is 163 Å². The number of piperidine rings is 1. The molecule has 6 rings (SSSR count). The van der Waals surface area contributed by atoms with E-state index in [0.717, 1.165) is 50.5 Å². The van der Waals surface area contributed by atoms with Crippen molar-refractivity contribution in [3.63, 3.8) is 0 Å². The van der Waals surface area contributed by atoms with Crippen LogP contribution >= 0.6 is 11.3 Å². The lowest BCUT2D eigenvalue weighted by atomic mass is 9.53. The minimum Gasteiger partial charge on any atom is -0.508 e.